The molecule has 1 rings (SSSR count). The number of hydrogen-bond donors (Lipinski definition) is 0. The zero-order chi connectivity index (χ0) is 5.11. The fourth-order valence-corrected chi connectivity index (χ4v) is 0.323. The molecular weight excluding hydrogens is 191 g/mol. The Morgan fingerprint density at radius 2 is 2.38 bits per heavy atom. The van der Waals surface area contributed by atoms with Crippen LogP contribution in [-0.2, 0) is 19.5 Å². The molecule has 0 saturated heterocycles. The van der Waals surface area contributed by atoms with Gasteiger partial charge in [0.05, 0.1) is 0 Å². The summed E-state index contributed by atoms with van der Waals surface area (Å²) in [5.41, 5.74) is 0.954. The zero-order valence-electron chi connectivity index (χ0n) is 4.38. The molecule has 0 aliphatic heterocycles. The summed E-state index contributed by atoms with van der Waals surface area (Å²) in [6.07, 6.45) is 4.13. The molecule has 0 bridgehead atoms. The summed E-state index contributed by atoms with van der Waals surface area (Å²) in [4.78, 5) is 7.35. The van der Waals surface area contributed by atoms with Crippen LogP contribution in [0.15, 0.2) is 12.3 Å². The van der Waals surface area contributed by atoms with E-state index in [0.29, 0.717) is 0 Å². The summed E-state index contributed by atoms with van der Waals surface area (Å²) in [7, 11) is 0. The Hall–Kier alpha value is -0.297. The van der Waals surface area contributed by atoms with E-state index in [1.54, 1.807) is 6.20 Å². The molecule has 0 unspecified atom stereocenters. The predicted molar refractivity (Wildman–Crippen MR) is 25.6 cm³/mol. The first-order valence-corrected chi connectivity index (χ1v) is 2.05. The van der Waals surface area contributed by atoms with Crippen LogP contribution >= 0.6 is 0 Å². The van der Waals surface area contributed by atoms with E-state index in [1.165, 1.54) is 0 Å². The molecule has 0 amide bonds. The van der Waals surface area contributed by atoms with Crippen LogP contribution < -0.4 is 0 Å². The summed E-state index contributed by atoms with van der Waals surface area (Å²) in [5.74, 6) is 0. The van der Waals surface area contributed by atoms with Gasteiger partial charge in [-0.1, -0.05) is 18.8 Å². The van der Waals surface area contributed by atoms with Crippen LogP contribution in [-0.4, -0.2) is 9.97 Å². The largest absolute Gasteiger partial charge is 0.374 e. The molecule has 1 aromatic rings. The first-order valence-electron chi connectivity index (χ1n) is 2.05. The second-order valence-electron chi connectivity index (χ2n) is 1.30. The van der Waals surface area contributed by atoms with E-state index in [4.69, 9.17) is 0 Å². The maximum absolute atomic E-state index is 3.74. The van der Waals surface area contributed by atoms with E-state index >= 15 is 0 Å². The van der Waals surface area contributed by atoms with Gasteiger partial charge in [-0.25, -0.2) is 0 Å². The van der Waals surface area contributed by atoms with E-state index in [2.05, 4.69) is 16.3 Å². The SMILES string of the molecule is Cc1ccn[c-]n1.[Rh]. The summed E-state index contributed by atoms with van der Waals surface area (Å²) in [5, 5.41) is 0. The zero-order valence-corrected chi connectivity index (χ0v) is 6.02. The van der Waals surface area contributed by atoms with Crippen LogP contribution in [0.3, 0.4) is 0 Å². The molecule has 0 spiro atoms. The van der Waals surface area contributed by atoms with Crippen LogP contribution in [0.25, 0.3) is 0 Å². The molecule has 45 valence electrons. The Bertz CT molecular complexity index is 140. The quantitative estimate of drug-likeness (QED) is 0.448. The second kappa shape index (κ2) is 3.67. The van der Waals surface area contributed by atoms with Gasteiger partial charge in [-0.2, -0.15) is 0 Å². The third kappa shape index (κ3) is 2.13. The summed E-state index contributed by atoms with van der Waals surface area (Å²) in [6, 6.07) is 1.83. The Morgan fingerprint density at radius 3 is 2.62 bits per heavy atom. The molecule has 2 nitrogen and oxygen atoms in total. The number of nitrogens with zero attached hydrogens (tertiary/aromatic N) is 2. The summed E-state index contributed by atoms with van der Waals surface area (Å²) >= 11 is 0. The van der Waals surface area contributed by atoms with Crippen molar-refractivity contribution in [3.63, 3.8) is 0 Å². The predicted octanol–water partition coefficient (Wildman–Crippen LogP) is 0.583. The van der Waals surface area contributed by atoms with E-state index in [1.807, 2.05) is 13.0 Å². The molecule has 0 saturated carbocycles. The van der Waals surface area contributed by atoms with E-state index in [-0.39, 0.29) is 19.5 Å². The van der Waals surface area contributed by atoms with Crippen molar-refractivity contribution in [1.29, 1.82) is 0 Å². The molecule has 3 heteroatoms. The van der Waals surface area contributed by atoms with Crippen LogP contribution in [0, 0.1) is 13.3 Å². The topological polar surface area (TPSA) is 25.8 Å². The average molecular weight is 196 g/mol. The van der Waals surface area contributed by atoms with Gasteiger partial charge in [0.1, 0.15) is 0 Å². The third-order valence-corrected chi connectivity index (χ3v) is 0.674. The van der Waals surface area contributed by atoms with Gasteiger partial charge in [0, 0.05) is 25.8 Å². The van der Waals surface area contributed by atoms with Gasteiger partial charge in [-0.15, -0.1) is 6.07 Å². The molecule has 0 aromatic carbocycles. The van der Waals surface area contributed by atoms with Crippen molar-refractivity contribution in [2.75, 3.05) is 0 Å². The molecule has 1 radical (unpaired) electrons. The van der Waals surface area contributed by atoms with Crippen LogP contribution in [0.5, 0.6) is 0 Å². The van der Waals surface area contributed by atoms with Crippen LogP contribution in [0.2, 0.25) is 0 Å². The van der Waals surface area contributed by atoms with Crippen molar-refractivity contribution in [1.82, 2.24) is 9.97 Å². The van der Waals surface area contributed by atoms with Gasteiger partial charge in [-0.3, -0.25) is 0 Å². The smallest absolute Gasteiger partial charge is 0.0215 e. The number of rotatable bonds is 0. The molecule has 0 fully saturated rings. The van der Waals surface area contributed by atoms with Gasteiger partial charge in [0.25, 0.3) is 0 Å². The van der Waals surface area contributed by atoms with Gasteiger partial charge in [0.2, 0.25) is 0 Å². The normalized spacial score (nSPS) is 7.62. The maximum atomic E-state index is 3.74. The minimum atomic E-state index is 0. The molecule has 1 heterocycles. The van der Waals surface area contributed by atoms with Crippen molar-refractivity contribution in [3.05, 3.63) is 24.3 Å². The van der Waals surface area contributed by atoms with Gasteiger partial charge in [-0.05, 0) is 0 Å². The summed E-state index contributed by atoms with van der Waals surface area (Å²) < 4.78 is 0. The summed E-state index contributed by atoms with van der Waals surface area (Å²) in [6.45, 7) is 1.90. The van der Waals surface area contributed by atoms with Crippen molar-refractivity contribution in [2.24, 2.45) is 0 Å². The Balaban J connectivity index is 0.000000490. The van der Waals surface area contributed by atoms with Crippen LogP contribution in [0.1, 0.15) is 5.69 Å². The fraction of sp³-hybridized carbons (Fsp3) is 0.200. The molecule has 0 aliphatic carbocycles. The third-order valence-electron chi connectivity index (χ3n) is 0.674. The Labute approximate surface area is 61.1 Å². The van der Waals surface area contributed by atoms with Gasteiger partial charge in [0.15, 0.2) is 0 Å². The fourth-order valence-electron chi connectivity index (χ4n) is 0.323. The minimum Gasteiger partial charge on any atom is -0.374 e. The first-order chi connectivity index (χ1) is 3.39. The molecule has 0 N–H and O–H groups in total. The standard InChI is InChI=1S/C5H5N2.Rh/c1-5-2-3-6-4-7-5;/h2-3H,1H3;/q-1;. The van der Waals surface area contributed by atoms with Crippen LogP contribution in [0.4, 0.5) is 0 Å². The molecule has 0 atom stereocenters. The van der Waals surface area contributed by atoms with E-state index < -0.39 is 0 Å². The Morgan fingerprint density at radius 1 is 1.62 bits per heavy atom. The van der Waals surface area contributed by atoms with Crippen molar-refractivity contribution in [2.45, 2.75) is 6.92 Å². The van der Waals surface area contributed by atoms with Crippen molar-refractivity contribution >= 4 is 0 Å². The average Bonchev–Trinajstić information content (AvgIpc) is 1.69. The second-order valence-corrected chi connectivity index (χ2v) is 1.30. The number of hydrogen-bond acceptors (Lipinski definition) is 2. The van der Waals surface area contributed by atoms with Gasteiger partial charge < -0.3 is 9.97 Å². The van der Waals surface area contributed by atoms with Crippen molar-refractivity contribution in [3.8, 4) is 0 Å². The molecule has 8 heavy (non-hydrogen) atoms. The number of aryl methyl sites for hydroxylation is 1. The maximum Gasteiger partial charge on any atom is 0.0215 e. The van der Waals surface area contributed by atoms with Gasteiger partial charge >= 0.3 is 0 Å². The molecular formula is C5H5N2Rh-. The van der Waals surface area contributed by atoms with Crippen molar-refractivity contribution < 1.29 is 19.5 Å². The molecule has 1 aromatic heterocycles. The monoisotopic (exact) mass is 196 g/mol. The number of aromatic nitrogens is 2. The molecule has 0 aliphatic rings. The van der Waals surface area contributed by atoms with E-state index in [0.717, 1.165) is 5.69 Å². The minimum absolute atomic E-state index is 0. The Kier molecular flexibility index (Phi) is 3.54. The first kappa shape index (κ1) is 7.70. The van der Waals surface area contributed by atoms with E-state index in [9.17, 15) is 0 Å².